The van der Waals surface area contributed by atoms with Crippen LogP contribution in [0.2, 0.25) is 0 Å². The zero-order chi connectivity index (χ0) is 28.3. The SMILES string of the molecule is CCOC(=O)C1=C(c2ccccc2)N=c2s/c(=C/c3ccc(Sc4nccc(C)n4)o3)c(=O)n2[C@@H]1c1ccccc1. The summed E-state index contributed by atoms with van der Waals surface area (Å²) in [5.74, 6) is -0.00104. The molecule has 0 unspecified atom stereocenters. The number of carbonyl (C=O) groups is 1. The number of furan rings is 1. The highest BCUT2D eigenvalue weighted by Gasteiger charge is 2.35. The van der Waals surface area contributed by atoms with Crippen LogP contribution in [0.5, 0.6) is 0 Å². The van der Waals surface area contributed by atoms with E-state index in [0.29, 0.717) is 36.6 Å². The average molecular weight is 581 g/mol. The van der Waals surface area contributed by atoms with Gasteiger partial charge in [0.15, 0.2) is 15.1 Å². The summed E-state index contributed by atoms with van der Waals surface area (Å²) in [4.78, 5) is 41.4. The Morgan fingerprint density at radius 2 is 1.83 bits per heavy atom. The highest BCUT2D eigenvalue weighted by Crippen LogP contribution is 2.35. The van der Waals surface area contributed by atoms with E-state index in [1.807, 2.05) is 79.7 Å². The van der Waals surface area contributed by atoms with Crippen LogP contribution >= 0.6 is 23.1 Å². The average Bonchev–Trinajstić information content (AvgIpc) is 3.56. The normalized spacial score (nSPS) is 15.0. The number of rotatable bonds is 7. The maximum atomic E-state index is 13.9. The Hall–Kier alpha value is -4.54. The molecule has 0 bridgehead atoms. The number of aryl methyl sites for hydroxylation is 1. The highest BCUT2D eigenvalue weighted by atomic mass is 32.2. The standard InChI is InChI=1S/C31H24N4O4S2/c1-3-38-29(37)25-26(20-10-6-4-7-11-20)34-31-35(27(25)21-12-8-5-9-13-21)28(36)23(40-31)18-22-14-15-24(39-22)41-30-32-17-16-19(2)33-30/h4-18,27H,3H2,1-2H3/b23-18+/t27-/m1/s1. The zero-order valence-corrected chi connectivity index (χ0v) is 23.8. The van der Waals surface area contributed by atoms with Gasteiger partial charge in [-0.05, 0) is 49.4 Å². The first kappa shape index (κ1) is 26.7. The first-order valence-corrected chi connectivity index (χ1v) is 14.6. The monoisotopic (exact) mass is 580 g/mol. The van der Waals surface area contributed by atoms with E-state index in [1.165, 1.54) is 23.1 Å². The molecule has 1 aliphatic heterocycles. The van der Waals surface area contributed by atoms with Crippen LogP contribution in [0.25, 0.3) is 11.8 Å². The molecular weight excluding hydrogens is 556 g/mol. The maximum Gasteiger partial charge on any atom is 0.338 e. The molecule has 6 rings (SSSR count). The van der Waals surface area contributed by atoms with Gasteiger partial charge < -0.3 is 9.15 Å². The fourth-order valence-electron chi connectivity index (χ4n) is 4.55. The summed E-state index contributed by atoms with van der Waals surface area (Å²) in [5.41, 5.74) is 2.93. The molecule has 8 nitrogen and oxygen atoms in total. The minimum Gasteiger partial charge on any atom is -0.463 e. The molecule has 2 aromatic carbocycles. The van der Waals surface area contributed by atoms with Crippen molar-refractivity contribution < 1.29 is 13.9 Å². The second-order valence-electron chi connectivity index (χ2n) is 9.08. The summed E-state index contributed by atoms with van der Waals surface area (Å²) in [7, 11) is 0. The number of benzene rings is 2. The Bertz CT molecular complexity index is 1940. The molecule has 0 saturated carbocycles. The molecule has 1 atom stereocenters. The molecule has 204 valence electrons. The number of nitrogens with zero attached hydrogens (tertiary/aromatic N) is 4. The number of aromatic nitrogens is 3. The molecule has 4 heterocycles. The topological polar surface area (TPSA) is 99.6 Å². The fraction of sp³-hybridized carbons (Fsp3) is 0.129. The van der Waals surface area contributed by atoms with E-state index in [4.69, 9.17) is 14.1 Å². The van der Waals surface area contributed by atoms with Gasteiger partial charge in [0.2, 0.25) is 0 Å². The van der Waals surface area contributed by atoms with E-state index in [2.05, 4.69) is 9.97 Å². The van der Waals surface area contributed by atoms with Gasteiger partial charge in [0.1, 0.15) is 5.76 Å². The van der Waals surface area contributed by atoms with Crippen LogP contribution < -0.4 is 14.9 Å². The number of hydrogen-bond acceptors (Lipinski definition) is 9. The Morgan fingerprint density at radius 1 is 1.07 bits per heavy atom. The largest absolute Gasteiger partial charge is 0.463 e. The lowest BCUT2D eigenvalue weighted by Gasteiger charge is -2.25. The van der Waals surface area contributed by atoms with Crippen LogP contribution in [0.1, 0.15) is 35.5 Å². The van der Waals surface area contributed by atoms with Crippen LogP contribution in [-0.4, -0.2) is 27.1 Å². The molecule has 0 amide bonds. The van der Waals surface area contributed by atoms with Crippen LogP contribution in [0.15, 0.2) is 115 Å². The molecular formula is C31H24N4O4S2. The number of fused-ring (bicyclic) bond motifs is 1. The van der Waals surface area contributed by atoms with Crippen molar-refractivity contribution in [3.05, 3.63) is 133 Å². The first-order chi connectivity index (χ1) is 20.0. The molecule has 0 radical (unpaired) electrons. The molecule has 0 spiro atoms. The van der Waals surface area contributed by atoms with Crippen LogP contribution in [0, 0.1) is 6.92 Å². The summed E-state index contributed by atoms with van der Waals surface area (Å²) >= 11 is 2.55. The molecule has 0 fully saturated rings. The molecule has 10 heteroatoms. The summed E-state index contributed by atoms with van der Waals surface area (Å²) in [6.45, 7) is 3.86. The fourth-order valence-corrected chi connectivity index (χ4v) is 6.29. The molecule has 41 heavy (non-hydrogen) atoms. The number of esters is 1. The summed E-state index contributed by atoms with van der Waals surface area (Å²) < 4.78 is 13.5. The third-order valence-corrected chi connectivity index (χ3v) is 8.11. The van der Waals surface area contributed by atoms with E-state index in [-0.39, 0.29) is 12.2 Å². The lowest BCUT2D eigenvalue weighted by Crippen LogP contribution is -2.39. The van der Waals surface area contributed by atoms with E-state index in [1.54, 1.807) is 29.8 Å². The first-order valence-electron chi connectivity index (χ1n) is 12.9. The Kier molecular flexibility index (Phi) is 7.49. The van der Waals surface area contributed by atoms with Gasteiger partial charge in [-0.1, -0.05) is 72.0 Å². The van der Waals surface area contributed by atoms with Gasteiger partial charge in [-0.3, -0.25) is 9.36 Å². The lowest BCUT2D eigenvalue weighted by atomic mass is 9.93. The molecule has 0 aliphatic carbocycles. The predicted molar refractivity (Wildman–Crippen MR) is 157 cm³/mol. The quantitative estimate of drug-likeness (QED) is 0.202. The van der Waals surface area contributed by atoms with Crippen molar-refractivity contribution in [2.45, 2.75) is 30.1 Å². The second-order valence-corrected chi connectivity index (χ2v) is 11.1. The number of carbonyl (C=O) groups excluding carboxylic acids is 1. The molecule has 3 aromatic heterocycles. The van der Waals surface area contributed by atoms with Crippen molar-refractivity contribution in [2.75, 3.05) is 6.61 Å². The summed E-state index contributed by atoms with van der Waals surface area (Å²) in [6.07, 6.45) is 3.40. The number of hydrogen-bond donors (Lipinski definition) is 0. The predicted octanol–water partition coefficient (Wildman–Crippen LogP) is 4.78. The van der Waals surface area contributed by atoms with Gasteiger partial charge in [0.05, 0.1) is 28.5 Å². The van der Waals surface area contributed by atoms with Gasteiger partial charge in [0, 0.05) is 23.5 Å². The molecule has 0 saturated heterocycles. The molecule has 5 aromatic rings. The van der Waals surface area contributed by atoms with Gasteiger partial charge in [0.25, 0.3) is 5.56 Å². The number of ether oxygens (including phenoxy) is 1. The van der Waals surface area contributed by atoms with Crippen molar-refractivity contribution in [1.82, 2.24) is 14.5 Å². The van der Waals surface area contributed by atoms with E-state index in [0.717, 1.165) is 16.8 Å². The van der Waals surface area contributed by atoms with Gasteiger partial charge in [-0.15, -0.1) is 0 Å². The number of thiazole rings is 1. The minimum absolute atomic E-state index is 0.197. The summed E-state index contributed by atoms with van der Waals surface area (Å²) in [6, 6.07) is 23.7. The van der Waals surface area contributed by atoms with Gasteiger partial charge >= 0.3 is 5.97 Å². The van der Waals surface area contributed by atoms with Crippen LogP contribution in [0.4, 0.5) is 0 Å². The zero-order valence-electron chi connectivity index (χ0n) is 22.2. The Morgan fingerprint density at radius 3 is 2.56 bits per heavy atom. The summed E-state index contributed by atoms with van der Waals surface area (Å²) in [5, 5.41) is 1.18. The van der Waals surface area contributed by atoms with Crippen molar-refractivity contribution >= 4 is 40.8 Å². The van der Waals surface area contributed by atoms with Gasteiger partial charge in [-0.25, -0.2) is 19.8 Å². The van der Waals surface area contributed by atoms with E-state index < -0.39 is 12.0 Å². The minimum atomic E-state index is -0.718. The Labute approximate surface area is 243 Å². The van der Waals surface area contributed by atoms with Crippen molar-refractivity contribution in [1.29, 1.82) is 0 Å². The van der Waals surface area contributed by atoms with Crippen molar-refractivity contribution in [3.8, 4) is 0 Å². The lowest BCUT2D eigenvalue weighted by molar-refractivity contribution is -0.138. The van der Waals surface area contributed by atoms with Crippen LogP contribution in [0.3, 0.4) is 0 Å². The van der Waals surface area contributed by atoms with E-state index >= 15 is 0 Å². The van der Waals surface area contributed by atoms with Crippen LogP contribution in [-0.2, 0) is 9.53 Å². The van der Waals surface area contributed by atoms with Crippen molar-refractivity contribution in [2.24, 2.45) is 4.99 Å². The van der Waals surface area contributed by atoms with Gasteiger partial charge in [-0.2, -0.15) is 0 Å². The second kappa shape index (κ2) is 11.5. The highest BCUT2D eigenvalue weighted by molar-refractivity contribution is 7.99. The third kappa shape index (κ3) is 5.44. The maximum absolute atomic E-state index is 13.9. The van der Waals surface area contributed by atoms with E-state index in [9.17, 15) is 9.59 Å². The molecule has 0 N–H and O–H groups in total. The Balaban J connectivity index is 1.50. The smallest absolute Gasteiger partial charge is 0.338 e. The third-order valence-electron chi connectivity index (χ3n) is 6.33. The van der Waals surface area contributed by atoms with Crippen molar-refractivity contribution in [3.63, 3.8) is 0 Å². The molecule has 1 aliphatic rings.